The lowest BCUT2D eigenvalue weighted by atomic mass is 10.0. The summed E-state index contributed by atoms with van der Waals surface area (Å²) in [7, 11) is 1.66. The molecule has 3 heterocycles. The number of hydrogen-bond donors (Lipinski definition) is 0. The third-order valence-electron chi connectivity index (χ3n) is 2.90. The number of fused-ring (bicyclic) bond motifs is 1. The van der Waals surface area contributed by atoms with Crippen LogP contribution in [0.25, 0.3) is 5.65 Å². The Morgan fingerprint density at radius 2 is 2.31 bits per heavy atom. The summed E-state index contributed by atoms with van der Waals surface area (Å²) in [6, 6.07) is 1.92. The Bertz CT molecular complexity index is 531. The molecule has 2 aromatic heterocycles. The van der Waals surface area contributed by atoms with E-state index in [0.717, 1.165) is 36.0 Å². The first-order valence-electron chi connectivity index (χ1n) is 5.26. The second-order valence-corrected chi connectivity index (χ2v) is 4.00. The normalized spacial score (nSPS) is 16.4. The van der Waals surface area contributed by atoms with Gasteiger partial charge in [0.05, 0.1) is 38.1 Å². The zero-order valence-electron chi connectivity index (χ0n) is 9.30. The highest BCUT2D eigenvalue weighted by atomic mass is 16.5. The molecule has 0 radical (unpaired) electrons. The highest BCUT2D eigenvalue weighted by molar-refractivity contribution is 5.47. The number of aromatic nitrogens is 3. The summed E-state index contributed by atoms with van der Waals surface area (Å²) in [5, 5.41) is 4.58. The SMILES string of the molecule is COc1cc2ncc(C)n2nc1C1COC1. The molecule has 0 unspecified atom stereocenters. The number of nitrogens with zero attached hydrogens (tertiary/aromatic N) is 3. The van der Waals surface area contributed by atoms with Crippen molar-refractivity contribution in [3.8, 4) is 5.75 Å². The van der Waals surface area contributed by atoms with E-state index in [9.17, 15) is 0 Å². The van der Waals surface area contributed by atoms with Crippen molar-refractivity contribution in [1.82, 2.24) is 14.6 Å². The zero-order valence-corrected chi connectivity index (χ0v) is 9.30. The third kappa shape index (κ3) is 1.28. The van der Waals surface area contributed by atoms with Crippen LogP contribution in [0.3, 0.4) is 0 Å². The molecule has 16 heavy (non-hydrogen) atoms. The first kappa shape index (κ1) is 9.59. The largest absolute Gasteiger partial charge is 0.495 e. The number of imidazole rings is 1. The fraction of sp³-hybridized carbons (Fsp3) is 0.455. The maximum absolute atomic E-state index is 5.35. The molecule has 0 spiro atoms. The Morgan fingerprint density at radius 1 is 1.50 bits per heavy atom. The molecule has 1 fully saturated rings. The van der Waals surface area contributed by atoms with Crippen molar-refractivity contribution < 1.29 is 9.47 Å². The van der Waals surface area contributed by atoms with Crippen LogP contribution in [-0.2, 0) is 4.74 Å². The summed E-state index contributed by atoms with van der Waals surface area (Å²) < 4.78 is 12.4. The predicted octanol–water partition coefficient (Wildman–Crippen LogP) is 1.16. The van der Waals surface area contributed by atoms with Crippen molar-refractivity contribution in [2.75, 3.05) is 20.3 Å². The monoisotopic (exact) mass is 219 g/mol. The van der Waals surface area contributed by atoms with Gasteiger partial charge in [0, 0.05) is 6.07 Å². The smallest absolute Gasteiger partial charge is 0.157 e. The van der Waals surface area contributed by atoms with Gasteiger partial charge in [-0.15, -0.1) is 0 Å². The highest BCUT2D eigenvalue weighted by Crippen LogP contribution is 2.30. The van der Waals surface area contributed by atoms with Gasteiger partial charge < -0.3 is 9.47 Å². The Morgan fingerprint density at radius 3 is 2.94 bits per heavy atom. The van der Waals surface area contributed by atoms with Gasteiger partial charge in [-0.3, -0.25) is 0 Å². The van der Waals surface area contributed by atoms with E-state index in [1.54, 1.807) is 7.11 Å². The molecule has 0 atom stereocenters. The molecule has 0 bridgehead atoms. The molecule has 0 amide bonds. The van der Waals surface area contributed by atoms with Crippen molar-refractivity contribution in [1.29, 1.82) is 0 Å². The number of rotatable bonds is 2. The van der Waals surface area contributed by atoms with E-state index in [-0.39, 0.29) is 0 Å². The Balaban J connectivity index is 2.19. The maximum Gasteiger partial charge on any atom is 0.157 e. The van der Waals surface area contributed by atoms with E-state index in [1.165, 1.54) is 0 Å². The Labute approximate surface area is 93.0 Å². The van der Waals surface area contributed by atoms with Gasteiger partial charge in [-0.25, -0.2) is 9.50 Å². The van der Waals surface area contributed by atoms with Crippen molar-refractivity contribution in [2.24, 2.45) is 0 Å². The minimum Gasteiger partial charge on any atom is -0.495 e. The van der Waals surface area contributed by atoms with Gasteiger partial charge in [0.2, 0.25) is 0 Å². The standard InChI is InChI=1S/C11H13N3O2/c1-7-4-12-10-3-9(15-2)11(13-14(7)10)8-5-16-6-8/h3-4,8H,5-6H2,1-2H3. The molecular formula is C11H13N3O2. The van der Waals surface area contributed by atoms with Gasteiger partial charge >= 0.3 is 0 Å². The second-order valence-electron chi connectivity index (χ2n) is 4.00. The number of ether oxygens (including phenoxy) is 2. The van der Waals surface area contributed by atoms with Crippen molar-refractivity contribution in [3.63, 3.8) is 0 Å². The van der Waals surface area contributed by atoms with Crippen LogP contribution in [0.4, 0.5) is 0 Å². The lowest BCUT2D eigenvalue weighted by Crippen LogP contribution is -2.27. The lowest BCUT2D eigenvalue weighted by Gasteiger charge is -2.26. The number of hydrogen-bond acceptors (Lipinski definition) is 4. The van der Waals surface area contributed by atoms with Crippen LogP contribution >= 0.6 is 0 Å². The van der Waals surface area contributed by atoms with Crippen LogP contribution in [0.15, 0.2) is 12.3 Å². The highest BCUT2D eigenvalue weighted by Gasteiger charge is 2.26. The molecule has 84 valence electrons. The maximum atomic E-state index is 5.35. The molecule has 1 aliphatic heterocycles. The molecule has 1 saturated heterocycles. The van der Waals surface area contributed by atoms with E-state index >= 15 is 0 Å². The molecule has 1 aliphatic rings. The number of aryl methyl sites for hydroxylation is 1. The van der Waals surface area contributed by atoms with E-state index in [4.69, 9.17) is 9.47 Å². The zero-order chi connectivity index (χ0) is 11.1. The summed E-state index contributed by atoms with van der Waals surface area (Å²) in [6.07, 6.45) is 1.81. The molecule has 0 N–H and O–H groups in total. The first-order valence-corrected chi connectivity index (χ1v) is 5.26. The molecule has 2 aromatic rings. The van der Waals surface area contributed by atoms with Gasteiger partial charge in [-0.1, -0.05) is 0 Å². The van der Waals surface area contributed by atoms with E-state index in [0.29, 0.717) is 5.92 Å². The fourth-order valence-electron chi connectivity index (χ4n) is 1.87. The van der Waals surface area contributed by atoms with E-state index in [2.05, 4.69) is 10.1 Å². The topological polar surface area (TPSA) is 48.7 Å². The molecule has 5 heteroatoms. The van der Waals surface area contributed by atoms with Gasteiger partial charge in [-0.2, -0.15) is 5.10 Å². The minimum atomic E-state index is 0.348. The summed E-state index contributed by atoms with van der Waals surface area (Å²) in [5.74, 6) is 1.15. The summed E-state index contributed by atoms with van der Waals surface area (Å²) in [5.41, 5.74) is 2.81. The summed E-state index contributed by atoms with van der Waals surface area (Å²) >= 11 is 0. The lowest BCUT2D eigenvalue weighted by molar-refractivity contribution is 0.00527. The Kier molecular flexibility index (Phi) is 2.07. The van der Waals surface area contributed by atoms with Crippen molar-refractivity contribution in [2.45, 2.75) is 12.8 Å². The van der Waals surface area contributed by atoms with E-state index in [1.807, 2.05) is 23.7 Å². The average Bonchev–Trinajstić information content (AvgIpc) is 2.57. The second kappa shape index (κ2) is 3.45. The molecule has 5 nitrogen and oxygen atoms in total. The third-order valence-corrected chi connectivity index (χ3v) is 2.90. The van der Waals surface area contributed by atoms with Crippen molar-refractivity contribution >= 4 is 5.65 Å². The quantitative estimate of drug-likeness (QED) is 0.760. The number of methoxy groups -OCH3 is 1. The summed E-state index contributed by atoms with van der Waals surface area (Å²) in [6.45, 7) is 3.44. The van der Waals surface area contributed by atoms with Crippen LogP contribution in [0.2, 0.25) is 0 Å². The molecule has 0 aliphatic carbocycles. The minimum absolute atomic E-state index is 0.348. The van der Waals surface area contributed by atoms with E-state index < -0.39 is 0 Å². The predicted molar refractivity (Wildman–Crippen MR) is 57.8 cm³/mol. The molecule has 3 rings (SSSR count). The van der Waals surface area contributed by atoms with Crippen LogP contribution in [0.1, 0.15) is 17.3 Å². The van der Waals surface area contributed by atoms with Gasteiger partial charge in [0.1, 0.15) is 11.4 Å². The van der Waals surface area contributed by atoms with Gasteiger partial charge in [0.15, 0.2) is 5.65 Å². The van der Waals surface area contributed by atoms with Crippen LogP contribution in [-0.4, -0.2) is 34.9 Å². The molecule has 0 saturated carbocycles. The van der Waals surface area contributed by atoms with Crippen LogP contribution < -0.4 is 4.74 Å². The molecular weight excluding hydrogens is 206 g/mol. The summed E-state index contributed by atoms with van der Waals surface area (Å²) in [4.78, 5) is 4.26. The fourth-order valence-corrected chi connectivity index (χ4v) is 1.87. The first-order chi connectivity index (χ1) is 7.79. The van der Waals surface area contributed by atoms with Gasteiger partial charge in [-0.05, 0) is 6.92 Å². The van der Waals surface area contributed by atoms with Crippen molar-refractivity contribution in [3.05, 3.63) is 23.7 Å². The van der Waals surface area contributed by atoms with Gasteiger partial charge in [0.25, 0.3) is 0 Å². The average molecular weight is 219 g/mol. The molecule has 0 aromatic carbocycles. The Hall–Kier alpha value is -1.62. The van der Waals surface area contributed by atoms with Crippen LogP contribution in [0.5, 0.6) is 5.75 Å². The van der Waals surface area contributed by atoms with Crippen LogP contribution in [0, 0.1) is 6.92 Å².